The van der Waals surface area contributed by atoms with Gasteiger partial charge >= 0.3 is 0 Å². The molecule has 2 aromatic rings. The van der Waals surface area contributed by atoms with Crippen molar-refractivity contribution in [3.8, 4) is 11.1 Å². The number of carbonyl (C=O) groups is 2. The second-order valence-corrected chi connectivity index (χ2v) is 10.5. The summed E-state index contributed by atoms with van der Waals surface area (Å²) in [5, 5.41) is 20.4. The molecule has 2 aromatic heterocycles. The predicted octanol–water partition coefficient (Wildman–Crippen LogP) is 2.67. The van der Waals surface area contributed by atoms with Gasteiger partial charge in [0.05, 0.1) is 6.20 Å². The molecule has 2 fully saturated rings. The number of hydrogen-bond acceptors (Lipinski definition) is 5. The lowest BCUT2D eigenvalue weighted by Crippen LogP contribution is -2.45. The quantitative estimate of drug-likeness (QED) is 0.666. The molecule has 2 amide bonds. The number of carbonyl (C=O) groups excluding carboxylic acids is 2. The summed E-state index contributed by atoms with van der Waals surface area (Å²) in [4.78, 5) is 29.5. The van der Waals surface area contributed by atoms with Crippen molar-refractivity contribution in [1.82, 2.24) is 20.1 Å². The number of pyridine rings is 1. The maximum absolute atomic E-state index is 12.9. The first-order valence-corrected chi connectivity index (χ1v) is 11.6. The Bertz CT molecular complexity index is 1060. The summed E-state index contributed by atoms with van der Waals surface area (Å²) in [6, 6.07) is 3.79. The van der Waals surface area contributed by atoms with Crippen LogP contribution in [0.5, 0.6) is 0 Å². The molecule has 8 heteroatoms. The molecule has 0 bridgehead atoms. The van der Waals surface area contributed by atoms with Crippen LogP contribution in [0.1, 0.15) is 58.1 Å². The van der Waals surface area contributed by atoms with E-state index in [9.17, 15) is 14.7 Å². The number of amides is 2. The van der Waals surface area contributed by atoms with Crippen LogP contribution < -0.4 is 10.6 Å². The third kappa shape index (κ3) is 4.16. The zero-order valence-electron chi connectivity index (χ0n) is 18.7. The Morgan fingerprint density at radius 2 is 2.06 bits per heavy atom. The molecule has 0 aromatic carbocycles. The number of aliphatic hydroxyl groups is 1. The Morgan fingerprint density at radius 3 is 2.84 bits per heavy atom. The van der Waals surface area contributed by atoms with E-state index in [0.717, 1.165) is 43.4 Å². The number of anilines is 1. The highest BCUT2D eigenvalue weighted by Gasteiger charge is 2.48. The molecular weight excluding hydrogens is 406 g/mol. The van der Waals surface area contributed by atoms with E-state index in [1.54, 1.807) is 6.20 Å². The minimum absolute atomic E-state index is 0.0694. The van der Waals surface area contributed by atoms with Crippen molar-refractivity contribution in [3.63, 3.8) is 0 Å². The maximum Gasteiger partial charge on any atom is 0.252 e. The molecule has 0 radical (unpaired) electrons. The van der Waals surface area contributed by atoms with E-state index in [1.165, 1.54) is 5.69 Å². The molecule has 170 valence electrons. The summed E-state index contributed by atoms with van der Waals surface area (Å²) in [6.45, 7) is 5.40. The van der Waals surface area contributed by atoms with Gasteiger partial charge in [-0.25, -0.2) is 4.98 Å². The fraction of sp³-hybridized carbons (Fsp3) is 0.583. The smallest absolute Gasteiger partial charge is 0.252 e. The van der Waals surface area contributed by atoms with Crippen molar-refractivity contribution in [2.75, 3.05) is 5.32 Å². The number of aromatic nitrogens is 3. The van der Waals surface area contributed by atoms with E-state index in [-0.39, 0.29) is 29.2 Å². The van der Waals surface area contributed by atoms with Crippen LogP contribution in [0.15, 0.2) is 24.5 Å². The third-order valence-corrected chi connectivity index (χ3v) is 7.02. The van der Waals surface area contributed by atoms with Crippen LogP contribution in [0, 0.1) is 11.3 Å². The molecule has 1 aliphatic heterocycles. The molecular formula is C24H31N5O3. The standard InChI is InChI=1S/C24H31N5O3/c1-23(2)12-19-18(13-26-29(19)14-23)15-6-9-25-20(11-15)28-21(30)16-4-3-5-17(10-16)27-22(31)24(32)7-8-24/h6,9,11,13,16-17,32H,3-5,7-8,10,12,14H2,1-2H3,(H,27,31)(H,25,28,30)/t16-,17+/m0/s1. The van der Waals surface area contributed by atoms with Crippen molar-refractivity contribution in [2.45, 2.75) is 77.0 Å². The largest absolute Gasteiger partial charge is 0.380 e. The third-order valence-electron chi connectivity index (χ3n) is 7.02. The summed E-state index contributed by atoms with van der Waals surface area (Å²) in [7, 11) is 0. The second kappa shape index (κ2) is 7.69. The lowest BCUT2D eigenvalue weighted by atomic mass is 9.85. The van der Waals surface area contributed by atoms with E-state index in [0.29, 0.717) is 25.1 Å². The summed E-state index contributed by atoms with van der Waals surface area (Å²) < 4.78 is 2.07. The minimum Gasteiger partial charge on any atom is -0.380 e. The molecule has 32 heavy (non-hydrogen) atoms. The zero-order valence-corrected chi connectivity index (χ0v) is 18.7. The number of nitrogens with zero attached hydrogens (tertiary/aromatic N) is 3. The first-order valence-electron chi connectivity index (χ1n) is 11.6. The Morgan fingerprint density at radius 1 is 1.25 bits per heavy atom. The van der Waals surface area contributed by atoms with Crippen molar-refractivity contribution in [2.24, 2.45) is 11.3 Å². The highest BCUT2D eigenvalue weighted by molar-refractivity contribution is 5.92. The predicted molar refractivity (Wildman–Crippen MR) is 120 cm³/mol. The van der Waals surface area contributed by atoms with Crippen molar-refractivity contribution in [3.05, 3.63) is 30.2 Å². The average molecular weight is 438 g/mol. The Kier molecular flexibility index (Phi) is 5.08. The van der Waals surface area contributed by atoms with Crippen LogP contribution in [0.2, 0.25) is 0 Å². The van der Waals surface area contributed by atoms with Gasteiger partial charge in [0.2, 0.25) is 5.91 Å². The Balaban J connectivity index is 1.24. The van der Waals surface area contributed by atoms with Gasteiger partial charge < -0.3 is 15.7 Å². The number of rotatable bonds is 5. The summed E-state index contributed by atoms with van der Waals surface area (Å²) in [5.74, 6) is -0.0207. The SMILES string of the molecule is CC1(C)Cc2c(-c3ccnc(NC(=O)[C@H]4CCC[C@@H](NC(=O)C5(O)CC5)C4)c3)cnn2C1. The number of hydrogen-bond donors (Lipinski definition) is 3. The van der Waals surface area contributed by atoms with Crippen molar-refractivity contribution >= 4 is 17.6 Å². The first-order chi connectivity index (χ1) is 15.2. The topological polar surface area (TPSA) is 109 Å². The monoisotopic (exact) mass is 437 g/mol. The molecule has 3 heterocycles. The molecule has 0 spiro atoms. The van der Waals surface area contributed by atoms with E-state index in [4.69, 9.17) is 0 Å². The number of nitrogens with one attached hydrogen (secondary N) is 2. The molecule has 5 rings (SSSR count). The molecule has 8 nitrogen and oxygen atoms in total. The van der Waals surface area contributed by atoms with Gasteiger partial charge in [-0.05, 0) is 61.6 Å². The van der Waals surface area contributed by atoms with Gasteiger partial charge in [-0.15, -0.1) is 0 Å². The van der Waals surface area contributed by atoms with Gasteiger partial charge in [0.15, 0.2) is 0 Å². The molecule has 0 unspecified atom stereocenters. The molecule has 3 N–H and O–H groups in total. The van der Waals surface area contributed by atoms with Crippen LogP contribution in [0.4, 0.5) is 5.82 Å². The molecule has 2 aliphatic carbocycles. The summed E-state index contributed by atoms with van der Waals surface area (Å²) in [6.07, 6.45) is 8.70. The first kappa shape index (κ1) is 21.1. The van der Waals surface area contributed by atoms with Crippen LogP contribution in [-0.4, -0.2) is 43.3 Å². The second-order valence-electron chi connectivity index (χ2n) is 10.5. The fourth-order valence-electron chi connectivity index (χ4n) is 5.01. The zero-order chi connectivity index (χ0) is 22.5. The molecule has 2 saturated carbocycles. The van der Waals surface area contributed by atoms with E-state index in [2.05, 4.69) is 39.2 Å². The number of fused-ring (bicyclic) bond motifs is 1. The van der Waals surface area contributed by atoms with E-state index >= 15 is 0 Å². The normalized spacial score (nSPS) is 25.1. The molecule has 3 aliphatic rings. The minimum atomic E-state index is -1.18. The maximum atomic E-state index is 12.9. The van der Waals surface area contributed by atoms with Crippen LogP contribution in [0.3, 0.4) is 0 Å². The lowest BCUT2D eigenvalue weighted by molar-refractivity contribution is -0.133. The summed E-state index contributed by atoms with van der Waals surface area (Å²) >= 11 is 0. The van der Waals surface area contributed by atoms with Crippen molar-refractivity contribution in [1.29, 1.82) is 0 Å². The van der Waals surface area contributed by atoms with E-state index < -0.39 is 5.60 Å². The van der Waals surface area contributed by atoms with Crippen LogP contribution in [-0.2, 0) is 22.6 Å². The van der Waals surface area contributed by atoms with Crippen LogP contribution in [0.25, 0.3) is 11.1 Å². The van der Waals surface area contributed by atoms with Gasteiger partial charge in [0.1, 0.15) is 11.4 Å². The highest BCUT2D eigenvalue weighted by atomic mass is 16.3. The Hall–Kier alpha value is -2.74. The van der Waals surface area contributed by atoms with Gasteiger partial charge in [-0.2, -0.15) is 5.10 Å². The average Bonchev–Trinajstić information content (AvgIpc) is 3.29. The van der Waals surface area contributed by atoms with Gasteiger partial charge in [-0.3, -0.25) is 14.3 Å². The summed E-state index contributed by atoms with van der Waals surface area (Å²) in [5.41, 5.74) is 2.34. The lowest BCUT2D eigenvalue weighted by Gasteiger charge is -2.29. The Labute approximate surface area is 187 Å². The molecule has 0 saturated heterocycles. The highest BCUT2D eigenvalue weighted by Crippen LogP contribution is 2.38. The van der Waals surface area contributed by atoms with E-state index in [1.807, 2.05) is 18.3 Å². The van der Waals surface area contributed by atoms with Gasteiger partial charge in [-0.1, -0.05) is 20.3 Å². The van der Waals surface area contributed by atoms with Gasteiger partial charge in [0.25, 0.3) is 5.91 Å². The van der Waals surface area contributed by atoms with Crippen molar-refractivity contribution < 1.29 is 14.7 Å². The fourth-order valence-corrected chi connectivity index (χ4v) is 5.01. The molecule has 2 atom stereocenters. The van der Waals surface area contributed by atoms with Gasteiger partial charge in [0, 0.05) is 36.0 Å². The van der Waals surface area contributed by atoms with Crippen LogP contribution >= 0.6 is 0 Å².